The molecule has 5 nitrogen and oxygen atoms in total. The van der Waals surface area contributed by atoms with Crippen LogP contribution in [0.1, 0.15) is 21.5 Å². The summed E-state index contributed by atoms with van der Waals surface area (Å²) in [7, 11) is 0. The van der Waals surface area contributed by atoms with Gasteiger partial charge in [-0.3, -0.25) is 0 Å². The fourth-order valence-corrected chi connectivity index (χ4v) is 1.71. The Bertz CT molecular complexity index is 617. The SMILES string of the molecule is C=Cn1cc(CNc2cc(C(=O)O)ccc2C)cn1. The van der Waals surface area contributed by atoms with E-state index < -0.39 is 5.97 Å². The van der Waals surface area contributed by atoms with Gasteiger partial charge in [-0.15, -0.1) is 0 Å². The van der Waals surface area contributed by atoms with Crippen LogP contribution in [0.5, 0.6) is 0 Å². The van der Waals surface area contributed by atoms with Gasteiger partial charge < -0.3 is 10.4 Å². The maximum absolute atomic E-state index is 10.9. The van der Waals surface area contributed by atoms with Gasteiger partial charge in [0.1, 0.15) is 0 Å². The molecule has 0 aliphatic rings. The molecule has 0 saturated heterocycles. The number of nitrogens with one attached hydrogen (secondary N) is 1. The zero-order valence-electron chi connectivity index (χ0n) is 10.6. The number of aromatic nitrogens is 2. The summed E-state index contributed by atoms with van der Waals surface area (Å²) in [6, 6.07) is 5.02. The number of carbonyl (C=O) groups is 1. The Morgan fingerprint density at radius 1 is 1.58 bits per heavy atom. The molecular formula is C14H15N3O2. The molecular weight excluding hydrogens is 242 g/mol. The maximum Gasteiger partial charge on any atom is 0.335 e. The van der Waals surface area contributed by atoms with Crippen molar-refractivity contribution in [2.75, 3.05) is 5.32 Å². The van der Waals surface area contributed by atoms with Crippen molar-refractivity contribution < 1.29 is 9.90 Å². The van der Waals surface area contributed by atoms with Crippen LogP contribution < -0.4 is 5.32 Å². The number of hydrogen-bond acceptors (Lipinski definition) is 3. The minimum absolute atomic E-state index is 0.273. The lowest BCUT2D eigenvalue weighted by Crippen LogP contribution is -2.03. The van der Waals surface area contributed by atoms with E-state index in [2.05, 4.69) is 17.0 Å². The predicted molar refractivity (Wildman–Crippen MR) is 74.1 cm³/mol. The lowest BCUT2D eigenvalue weighted by atomic mass is 10.1. The van der Waals surface area contributed by atoms with Gasteiger partial charge in [0, 0.05) is 30.2 Å². The number of carboxylic acids is 1. The van der Waals surface area contributed by atoms with Gasteiger partial charge in [0.2, 0.25) is 0 Å². The minimum atomic E-state index is -0.928. The molecule has 0 aliphatic carbocycles. The van der Waals surface area contributed by atoms with Gasteiger partial charge in [-0.25, -0.2) is 9.48 Å². The third-order valence-electron chi connectivity index (χ3n) is 2.81. The molecule has 1 aromatic carbocycles. The monoisotopic (exact) mass is 257 g/mol. The van der Waals surface area contributed by atoms with Crippen molar-refractivity contribution in [2.45, 2.75) is 13.5 Å². The van der Waals surface area contributed by atoms with Gasteiger partial charge in [0.15, 0.2) is 0 Å². The Labute approximate surface area is 111 Å². The van der Waals surface area contributed by atoms with E-state index >= 15 is 0 Å². The summed E-state index contributed by atoms with van der Waals surface area (Å²) < 4.78 is 1.62. The Morgan fingerprint density at radius 3 is 3.00 bits per heavy atom. The molecule has 2 aromatic rings. The highest BCUT2D eigenvalue weighted by Crippen LogP contribution is 2.18. The van der Waals surface area contributed by atoms with Crippen LogP contribution in [0.4, 0.5) is 5.69 Å². The smallest absolute Gasteiger partial charge is 0.335 e. The van der Waals surface area contributed by atoms with Gasteiger partial charge in [-0.1, -0.05) is 12.6 Å². The van der Waals surface area contributed by atoms with Crippen LogP contribution in [0, 0.1) is 6.92 Å². The van der Waals surface area contributed by atoms with Crippen LogP contribution in [0.25, 0.3) is 6.20 Å². The number of aromatic carboxylic acids is 1. The number of carboxylic acid groups (broad SMARTS) is 1. The molecule has 1 heterocycles. The zero-order chi connectivity index (χ0) is 13.8. The predicted octanol–water partition coefficient (Wildman–Crippen LogP) is 2.60. The molecule has 0 bridgehead atoms. The molecule has 0 spiro atoms. The van der Waals surface area contributed by atoms with E-state index in [1.54, 1.807) is 35.3 Å². The summed E-state index contributed by atoms with van der Waals surface area (Å²) in [5, 5.41) is 16.3. The average molecular weight is 257 g/mol. The third kappa shape index (κ3) is 3.01. The van der Waals surface area contributed by atoms with Crippen molar-refractivity contribution in [2.24, 2.45) is 0 Å². The molecule has 0 amide bonds. The van der Waals surface area contributed by atoms with Gasteiger partial charge in [-0.2, -0.15) is 5.10 Å². The largest absolute Gasteiger partial charge is 0.478 e. The van der Waals surface area contributed by atoms with Crippen LogP contribution in [-0.2, 0) is 6.54 Å². The molecule has 19 heavy (non-hydrogen) atoms. The number of aryl methyl sites for hydroxylation is 1. The molecule has 0 aliphatic heterocycles. The van der Waals surface area contributed by atoms with E-state index in [0.29, 0.717) is 6.54 Å². The standard InChI is InChI=1S/C14H15N3O2/c1-3-17-9-11(8-16-17)7-15-13-6-12(14(18)19)5-4-10(13)2/h3-6,8-9,15H,1,7H2,2H3,(H,18,19). The Morgan fingerprint density at radius 2 is 2.37 bits per heavy atom. The Balaban J connectivity index is 2.12. The summed E-state index contributed by atoms with van der Waals surface area (Å²) >= 11 is 0. The topological polar surface area (TPSA) is 67.2 Å². The number of anilines is 1. The molecule has 0 unspecified atom stereocenters. The normalized spacial score (nSPS) is 10.2. The molecule has 2 rings (SSSR count). The van der Waals surface area contributed by atoms with Crippen LogP contribution in [0.2, 0.25) is 0 Å². The van der Waals surface area contributed by atoms with Crippen LogP contribution in [-0.4, -0.2) is 20.9 Å². The van der Waals surface area contributed by atoms with Crippen molar-refractivity contribution >= 4 is 17.9 Å². The number of rotatable bonds is 5. The highest BCUT2D eigenvalue weighted by atomic mass is 16.4. The second kappa shape index (κ2) is 5.39. The number of hydrogen-bond donors (Lipinski definition) is 2. The summed E-state index contributed by atoms with van der Waals surface area (Å²) in [4.78, 5) is 10.9. The van der Waals surface area contributed by atoms with Gasteiger partial charge in [0.05, 0.1) is 11.8 Å². The van der Waals surface area contributed by atoms with Crippen molar-refractivity contribution in [3.05, 3.63) is 53.9 Å². The van der Waals surface area contributed by atoms with Gasteiger partial charge in [0.25, 0.3) is 0 Å². The fourth-order valence-electron chi connectivity index (χ4n) is 1.71. The first kappa shape index (κ1) is 12.9. The second-order valence-corrected chi connectivity index (χ2v) is 4.20. The molecule has 0 saturated carbocycles. The second-order valence-electron chi connectivity index (χ2n) is 4.20. The van der Waals surface area contributed by atoms with E-state index in [0.717, 1.165) is 16.8 Å². The van der Waals surface area contributed by atoms with Gasteiger partial charge in [-0.05, 0) is 24.6 Å². The minimum Gasteiger partial charge on any atom is -0.478 e. The lowest BCUT2D eigenvalue weighted by Gasteiger charge is -2.09. The van der Waals surface area contributed by atoms with Crippen LogP contribution >= 0.6 is 0 Å². The maximum atomic E-state index is 10.9. The summed E-state index contributed by atoms with van der Waals surface area (Å²) in [5.41, 5.74) is 3.09. The Hall–Kier alpha value is -2.56. The molecule has 1 aromatic heterocycles. The van der Waals surface area contributed by atoms with E-state index in [9.17, 15) is 4.79 Å². The first-order chi connectivity index (χ1) is 9.10. The van der Waals surface area contributed by atoms with Crippen molar-refractivity contribution in [1.29, 1.82) is 0 Å². The molecule has 0 fully saturated rings. The van der Waals surface area contributed by atoms with E-state index in [4.69, 9.17) is 5.11 Å². The fraction of sp³-hybridized carbons (Fsp3) is 0.143. The summed E-state index contributed by atoms with van der Waals surface area (Å²) in [6.45, 7) is 6.14. The molecule has 5 heteroatoms. The van der Waals surface area contributed by atoms with E-state index in [-0.39, 0.29) is 5.56 Å². The zero-order valence-corrected chi connectivity index (χ0v) is 10.6. The average Bonchev–Trinajstić information content (AvgIpc) is 2.85. The lowest BCUT2D eigenvalue weighted by molar-refractivity contribution is 0.0697. The molecule has 2 N–H and O–H groups in total. The van der Waals surface area contributed by atoms with Crippen molar-refractivity contribution in [1.82, 2.24) is 9.78 Å². The third-order valence-corrected chi connectivity index (χ3v) is 2.81. The summed E-state index contributed by atoms with van der Waals surface area (Å²) in [5.74, 6) is -0.928. The first-order valence-corrected chi connectivity index (χ1v) is 5.83. The highest BCUT2D eigenvalue weighted by Gasteiger charge is 2.06. The molecule has 0 radical (unpaired) electrons. The van der Waals surface area contributed by atoms with Crippen molar-refractivity contribution in [3.63, 3.8) is 0 Å². The quantitative estimate of drug-likeness (QED) is 0.864. The summed E-state index contributed by atoms with van der Waals surface area (Å²) in [6.07, 6.45) is 5.21. The highest BCUT2D eigenvalue weighted by molar-refractivity contribution is 5.89. The van der Waals surface area contributed by atoms with E-state index in [1.165, 1.54) is 0 Å². The Kier molecular flexibility index (Phi) is 3.66. The van der Waals surface area contributed by atoms with Gasteiger partial charge >= 0.3 is 5.97 Å². The number of nitrogens with zero attached hydrogens (tertiary/aromatic N) is 2. The van der Waals surface area contributed by atoms with Crippen LogP contribution in [0.15, 0.2) is 37.2 Å². The van der Waals surface area contributed by atoms with Crippen molar-refractivity contribution in [3.8, 4) is 0 Å². The van der Waals surface area contributed by atoms with E-state index in [1.807, 2.05) is 13.1 Å². The van der Waals surface area contributed by atoms with Crippen LogP contribution in [0.3, 0.4) is 0 Å². The molecule has 0 atom stereocenters. The first-order valence-electron chi connectivity index (χ1n) is 5.83. The number of benzene rings is 1. The molecule has 98 valence electrons.